The van der Waals surface area contributed by atoms with Gasteiger partial charge in [0.1, 0.15) is 5.82 Å². The van der Waals surface area contributed by atoms with Crippen LogP contribution in [0.1, 0.15) is 12.5 Å². The normalized spacial score (nSPS) is 14.9. The second-order valence-electron chi connectivity index (χ2n) is 4.96. The highest BCUT2D eigenvalue weighted by Gasteiger charge is 2.27. The van der Waals surface area contributed by atoms with Crippen molar-refractivity contribution in [3.05, 3.63) is 35.6 Å². The van der Waals surface area contributed by atoms with Crippen molar-refractivity contribution in [3.8, 4) is 0 Å². The number of nitrogens with zero attached hydrogens (tertiary/aromatic N) is 2. The highest BCUT2D eigenvalue weighted by Crippen LogP contribution is 2.04. The number of guanidine groups is 1. The molecule has 0 bridgehead atoms. The molecule has 1 aliphatic rings. The molecule has 1 saturated heterocycles. The Morgan fingerprint density at radius 1 is 1.39 bits per heavy atom. The van der Waals surface area contributed by atoms with E-state index in [-0.39, 0.29) is 30.8 Å². The molecule has 0 radical (unpaired) electrons. The molecular formula is C15H20FN5O2. The van der Waals surface area contributed by atoms with Gasteiger partial charge in [-0.3, -0.25) is 9.69 Å². The van der Waals surface area contributed by atoms with E-state index in [1.807, 2.05) is 6.92 Å². The van der Waals surface area contributed by atoms with Crippen molar-refractivity contribution in [1.29, 1.82) is 0 Å². The number of amides is 3. The number of benzene rings is 1. The molecule has 0 unspecified atom stereocenters. The largest absolute Gasteiger partial charge is 0.357 e. The molecule has 0 aromatic heterocycles. The number of imide groups is 1. The molecule has 23 heavy (non-hydrogen) atoms. The van der Waals surface area contributed by atoms with Crippen LogP contribution in [0.5, 0.6) is 0 Å². The smallest absolute Gasteiger partial charge is 0.324 e. The number of carbonyl (C=O) groups excluding carboxylic acids is 2. The van der Waals surface area contributed by atoms with Gasteiger partial charge in [0.2, 0.25) is 5.91 Å². The number of hydrogen-bond donors (Lipinski definition) is 3. The fraction of sp³-hybridized carbons (Fsp3) is 0.400. The number of halogens is 1. The van der Waals surface area contributed by atoms with Crippen LogP contribution in [-0.2, 0) is 11.3 Å². The molecule has 1 aliphatic heterocycles. The Morgan fingerprint density at radius 3 is 2.87 bits per heavy atom. The predicted molar refractivity (Wildman–Crippen MR) is 84.3 cm³/mol. The van der Waals surface area contributed by atoms with E-state index in [1.165, 1.54) is 12.1 Å². The zero-order valence-corrected chi connectivity index (χ0v) is 12.9. The first-order valence-corrected chi connectivity index (χ1v) is 7.45. The number of nitrogens with one attached hydrogen (secondary N) is 3. The lowest BCUT2D eigenvalue weighted by atomic mass is 10.2. The van der Waals surface area contributed by atoms with Gasteiger partial charge in [-0.25, -0.2) is 14.2 Å². The van der Waals surface area contributed by atoms with Gasteiger partial charge in [0.15, 0.2) is 5.96 Å². The number of hydrogen-bond acceptors (Lipinski definition) is 3. The van der Waals surface area contributed by atoms with E-state index >= 15 is 0 Å². The molecule has 8 heteroatoms. The molecule has 1 aromatic rings. The van der Waals surface area contributed by atoms with Gasteiger partial charge in [-0.05, 0) is 24.6 Å². The molecule has 1 heterocycles. The summed E-state index contributed by atoms with van der Waals surface area (Å²) in [6.45, 7) is 3.61. The molecule has 3 amide bonds. The lowest BCUT2D eigenvalue weighted by molar-refractivity contribution is -0.124. The van der Waals surface area contributed by atoms with Gasteiger partial charge in [0.05, 0.1) is 13.1 Å². The second-order valence-corrected chi connectivity index (χ2v) is 4.96. The maximum Gasteiger partial charge on any atom is 0.324 e. The van der Waals surface area contributed by atoms with Crippen LogP contribution in [-0.4, -0.2) is 49.0 Å². The van der Waals surface area contributed by atoms with Crippen LogP contribution in [0.4, 0.5) is 9.18 Å². The summed E-state index contributed by atoms with van der Waals surface area (Å²) in [6.07, 6.45) is 0. The summed E-state index contributed by atoms with van der Waals surface area (Å²) in [7, 11) is 0. The van der Waals surface area contributed by atoms with Crippen LogP contribution in [0.3, 0.4) is 0 Å². The minimum atomic E-state index is -0.376. The van der Waals surface area contributed by atoms with E-state index in [0.717, 1.165) is 10.5 Å². The fourth-order valence-corrected chi connectivity index (χ4v) is 2.12. The van der Waals surface area contributed by atoms with Crippen LogP contribution < -0.4 is 16.0 Å². The number of rotatable bonds is 6. The highest BCUT2D eigenvalue weighted by atomic mass is 19.1. The van der Waals surface area contributed by atoms with Gasteiger partial charge in [-0.2, -0.15) is 0 Å². The first kappa shape index (κ1) is 16.7. The van der Waals surface area contributed by atoms with Crippen LogP contribution in [0.15, 0.2) is 29.3 Å². The minimum absolute atomic E-state index is 0.0482. The third-order valence-electron chi connectivity index (χ3n) is 3.22. The van der Waals surface area contributed by atoms with Crippen molar-refractivity contribution in [1.82, 2.24) is 20.9 Å². The van der Waals surface area contributed by atoms with Crippen molar-refractivity contribution in [3.63, 3.8) is 0 Å². The lowest BCUT2D eigenvalue weighted by Crippen LogP contribution is -2.43. The molecule has 1 fully saturated rings. The molecule has 124 valence electrons. The Balaban J connectivity index is 1.86. The fourth-order valence-electron chi connectivity index (χ4n) is 2.12. The molecule has 0 atom stereocenters. The van der Waals surface area contributed by atoms with E-state index in [9.17, 15) is 14.0 Å². The monoisotopic (exact) mass is 321 g/mol. The van der Waals surface area contributed by atoms with Crippen molar-refractivity contribution in [2.75, 3.05) is 26.2 Å². The van der Waals surface area contributed by atoms with E-state index in [4.69, 9.17) is 0 Å². The Hall–Kier alpha value is -2.64. The summed E-state index contributed by atoms with van der Waals surface area (Å²) in [4.78, 5) is 28.4. The molecule has 0 saturated carbocycles. The minimum Gasteiger partial charge on any atom is -0.357 e. The van der Waals surface area contributed by atoms with Gasteiger partial charge in [0.25, 0.3) is 0 Å². The molecular weight excluding hydrogens is 301 g/mol. The maximum absolute atomic E-state index is 13.1. The molecule has 0 aliphatic carbocycles. The molecule has 1 aromatic carbocycles. The van der Waals surface area contributed by atoms with Gasteiger partial charge >= 0.3 is 6.03 Å². The number of urea groups is 1. The molecule has 0 spiro atoms. The average Bonchev–Trinajstić information content (AvgIpc) is 2.84. The Bertz CT molecular complexity index is 589. The van der Waals surface area contributed by atoms with Crippen molar-refractivity contribution < 1.29 is 14.0 Å². The topological polar surface area (TPSA) is 85.8 Å². The predicted octanol–water partition coefficient (Wildman–Crippen LogP) is 0.433. The van der Waals surface area contributed by atoms with Crippen LogP contribution in [0.25, 0.3) is 0 Å². The van der Waals surface area contributed by atoms with Crippen LogP contribution >= 0.6 is 0 Å². The lowest BCUT2D eigenvalue weighted by Gasteiger charge is -2.15. The first-order valence-electron chi connectivity index (χ1n) is 7.45. The third kappa shape index (κ3) is 4.94. The van der Waals surface area contributed by atoms with E-state index in [2.05, 4.69) is 20.9 Å². The van der Waals surface area contributed by atoms with Crippen LogP contribution in [0.2, 0.25) is 0 Å². The van der Waals surface area contributed by atoms with Crippen LogP contribution in [0, 0.1) is 5.82 Å². The second kappa shape index (κ2) is 8.11. The molecule has 7 nitrogen and oxygen atoms in total. The Morgan fingerprint density at radius 2 is 2.22 bits per heavy atom. The summed E-state index contributed by atoms with van der Waals surface area (Å²) >= 11 is 0. The number of aliphatic imine (C=N–C) groups is 1. The van der Waals surface area contributed by atoms with Gasteiger partial charge in [0, 0.05) is 19.6 Å². The SMILES string of the molecule is CCNC(=NCc1cccc(F)c1)NCCN1C(=O)CNC1=O. The number of carbonyl (C=O) groups is 2. The van der Waals surface area contributed by atoms with Crippen molar-refractivity contribution in [2.24, 2.45) is 4.99 Å². The average molecular weight is 321 g/mol. The van der Waals surface area contributed by atoms with Crippen molar-refractivity contribution in [2.45, 2.75) is 13.5 Å². The third-order valence-corrected chi connectivity index (χ3v) is 3.22. The maximum atomic E-state index is 13.1. The first-order chi connectivity index (χ1) is 11.1. The molecule has 3 N–H and O–H groups in total. The zero-order valence-electron chi connectivity index (χ0n) is 12.9. The zero-order chi connectivity index (χ0) is 16.7. The van der Waals surface area contributed by atoms with Gasteiger partial charge in [-0.1, -0.05) is 12.1 Å². The quantitative estimate of drug-likeness (QED) is 0.403. The standard InChI is InChI=1S/C15H20FN5O2/c1-2-17-14(19-9-11-4-3-5-12(16)8-11)18-6-7-21-13(22)10-20-15(21)23/h3-5,8H,2,6-7,9-10H2,1H3,(H,20,23)(H2,17,18,19). The van der Waals surface area contributed by atoms with Crippen molar-refractivity contribution >= 4 is 17.9 Å². The van der Waals surface area contributed by atoms with E-state index < -0.39 is 0 Å². The summed E-state index contributed by atoms with van der Waals surface area (Å²) in [5, 5.41) is 8.56. The van der Waals surface area contributed by atoms with Gasteiger partial charge in [-0.15, -0.1) is 0 Å². The Kier molecular flexibility index (Phi) is 5.90. The molecule has 2 rings (SSSR count). The van der Waals surface area contributed by atoms with Gasteiger partial charge < -0.3 is 16.0 Å². The summed E-state index contributed by atoms with van der Waals surface area (Å²) in [5.41, 5.74) is 0.760. The highest BCUT2D eigenvalue weighted by molar-refractivity contribution is 6.01. The summed E-state index contributed by atoms with van der Waals surface area (Å²) in [6, 6.07) is 5.87. The Labute approximate surface area is 134 Å². The van der Waals surface area contributed by atoms with E-state index in [1.54, 1.807) is 12.1 Å². The summed E-state index contributed by atoms with van der Waals surface area (Å²) < 4.78 is 13.1. The summed E-state index contributed by atoms with van der Waals surface area (Å²) in [5.74, 6) is 0.0107. The van der Waals surface area contributed by atoms with E-state index in [0.29, 0.717) is 25.6 Å².